The van der Waals surface area contributed by atoms with Gasteiger partial charge in [-0.2, -0.15) is 0 Å². The molecule has 188 valence electrons. The first kappa shape index (κ1) is 25.7. The van der Waals surface area contributed by atoms with Crippen LogP contribution in [0.1, 0.15) is 15.9 Å². The quantitative estimate of drug-likeness (QED) is 0.263. The lowest BCUT2D eigenvalue weighted by Crippen LogP contribution is -2.29. The number of pyridine rings is 1. The average Bonchev–Trinajstić information content (AvgIpc) is 2.92. The Morgan fingerprint density at radius 2 is 1.70 bits per heavy atom. The molecule has 1 heterocycles. The molecule has 0 aliphatic rings. The molecule has 3 aromatic carbocycles. The van der Waals surface area contributed by atoms with Gasteiger partial charge in [-0.1, -0.05) is 54.1 Å². The third kappa shape index (κ3) is 7.32. The van der Waals surface area contributed by atoms with Gasteiger partial charge in [0, 0.05) is 23.7 Å². The minimum Gasteiger partial charge on any atom is -0.490 e. The predicted molar refractivity (Wildman–Crippen MR) is 141 cm³/mol. The van der Waals surface area contributed by atoms with Crippen molar-refractivity contribution in [1.29, 1.82) is 0 Å². The summed E-state index contributed by atoms with van der Waals surface area (Å²) in [5, 5.41) is 12.7. The van der Waals surface area contributed by atoms with Crippen molar-refractivity contribution in [3.8, 4) is 22.8 Å². The Morgan fingerprint density at radius 3 is 2.38 bits per heavy atom. The zero-order valence-corrected chi connectivity index (χ0v) is 20.6. The van der Waals surface area contributed by atoms with Crippen LogP contribution in [0.3, 0.4) is 0 Å². The van der Waals surface area contributed by atoms with E-state index in [9.17, 15) is 14.7 Å². The highest BCUT2D eigenvalue weighted by atomic mass is 35.5. The summed E-state index contributed by atoms with van der Waals surface area (Å²) in [6, 6.07) is 26.8. The molecule has 8 heteroatoms. The Bertz CT molecular complexity index is 1330. The predicted octanol–water partition coefficient (Wildman–Crippen LogP) is 5.29. The van der Waals surface area contributed by atoms with Gasteiger partial charge in [0.2, 0.25) is 0 Å². The first-order valence-corrected chi connectivity index (χ1v) is 12.0. The molecule has 0 saturated carbocycles. The molecule has 0 aliphatic heterocycles. The molecule has 0 bridgehead atoms. The molecular weight excluding hydrogens is 492 g/mol. The number of para-hydroxylation sites is 1. The largest absolute Gasteiger partial charge is 0.490 e. The van der Waals surface area contributed by atoms with Gasteiger partial charge in [0.05, 0.1) is 17.3 Å². The number of ether oxygens (including phenoxy) is 2. The number of carbonyl (C=O) groups is 2. The summed E-state index contributed by atoms with van der Waals surface area (Å²) in [6.45, 7) is 0.497. The van der Waals surface area contributed by atoms with Gasteiger partial charge in [-0.15, -0.1) is 0 Å². The summed E-state index contributed by atoms with van der Waals surface area (Å²) < 4.78 is 11.3. The Hall–Kier alpha value is -4.36. The van der Waals surface area contributed by atoms with E-state index in [2.05, 4.69) is 10.3 Å². The number of benzene rings is 3. The normalized spacial score (nSPS) is 11.4. The van der Waals surface area contributed by atoms with Crippen molar-refractivity contribution >= 4 is 23.5 Å². The number of aliphatic carboxylic acids is 1. The number of nitrogens with one attached hydrogen (secondary N) is 1. The van der Waals surface area contributed by atoms with Crippen LogP contribution in [0, 0.1) is 0 Å². The van der Waals surface area contributed by atoms with Gasteiger partial charge in [0.25, 0.3) is 5.91 Å². The summed E-state index contributed by atoms with van der Waals surface area (Å²) in [5.74, 6) is -0.361. The molecule has 0 aliphatic carbocycles. The van der Waals surface area contributed by atoms with Gasteiger partial charge >= 0.3 is 5.97 Å². The number of hydrogen-bond donors (Lipinski definition) is 2. The summed E-state index contributed by atoms with van der Waals surface area (Å²) in [7, 11) is 0. The number of carboxylic acid groups (broad SMARTS) is 1. The zero-order valence-electron chi connectivity index (χ0n) is 19.8. The molecule has 0 radical (unpaired) electrons. The number of hydrogen-bond acceptors (Lipinski definition) is 5. The Labute approximate surface area is 219 Å². The molecule has 1 amide bonds. The van der Waals surface area contributed by atoms with E-state index < -0.39 is 12.1 Å². The monoisotopic (exact) mass is 516 g/mol. The maximum absolute atomic E-state index is 12.4. The van der Waals surface area contributed by atoms with Crippen LogP contribution < -0.4 is 14.8 Å². The second kappa shape index (κ2) is 12.6. The number of halogens is 1. The summed E-state index contributed by atoms with van der Waals surface area (Å²) in [5.41, 5.74) is 3.00. The van der Waals surface area contributed by atoms with Crippen LogP contribution in [0.15, 0.2) is 97.2 Å². The van der Waals surface area contributed by atoms with Gasteiger partial charge in [-0.05, 0) is 54.1 Å². The molecule has 4 aromatic rings. The smallest absolute Gasteiger partial charge is 0.345 e. The summed E-state index contributed by atoms with van der Waals surface area (Å²) in [6.07, 6.45) is 0.807. The van der Waals surface area contributed by atoms with Crippen LogP contribution in [0.25, 0.3) is 11.3 Å². The van der Waals surface area contributed by atoms with Crippen molar-refractivity contribution in [1.82, 2.24) is 10.3 Å². The molecule has 4 rings (SSSR count). The highest BCUT2D eigenvalue weighted by molar-refractivity contribution is 6.32. The van der Waals surface area contributed by atoms with E-state index >= 15 is 0 Å². The van der Waals surface area contributed by atoms with Crippen molar-refractivity contribution in [2.45, 2.75) is 12.5 Å². The lowest BCUT2D eigenvalue weighted by molar-refractivity contribution is -0.145. The van der Waals surface area contributed by atoms with Crippen LogP contribution in [-0.4, -0.2) is 41.2 Å². The Kier molecular flexibility index (Phi) is 8.73. The van der Waals surface area contributed by atoms with Crippen LogP contribution in [0.4, 0.5) is 0 Å². The first-order valence-electron chi connectivity index (χ1n) is 11.6. The van der Waals surface area contributed by atoms with E-state index in [4.69, 9.17) is 21.1 Å². The summed E-state index contributed by atoms with van der Waals surface area (Å²) in [4.78, 5) is 28.4. The van der Waals surface area contributed by atoms with E-state index in [0.29, 0.717) is 27.6 Å². The van der Waals surface area contributed by atoms with E-state index in [1.807, 2.05) is 36.4 Å². The first-order chi connectivity index (χ1) is 18.0. The highest BCUT2D eigenvalue weighted by Crippen LogP contribution is 2.26. The number of rotatable bonds is 11. The number of carbonyl (C=O) groups excluding carboxylic acids is 1. The third-order valence-corrected chi connectivity index (χ3v) is 5.76. The van der Waals surface area contributed by atoms with E-state index in [1.165, 1.54) is 0 Å². The molecule has 0 saturated heterocycles. The molecule has 37 heavy (non-hydrogen) atoms. The standard InChI is InChI=1S/C29H25ClN2O5/c30-24-18-20(19-27(29(34)35)37-23-6-2-1-3-7-23)9-14-26(24)36-17-16-32-28(33)22-12-10-21(11-13-22)25-8-4-5-15-31-25/h1-15,18,27H,16-17,19H2,(H,32,33)(H,34,35). The maximum Gasteiger partial charge on any atom is 0.345 e. The average molecular weight is 517 g/mol. The van der Waals surface area contributed by atoms with Crippen molar-refractivity contribution in [2.75, 3.05) is 13.2 Å². The van der Waals surface area contributed by atoms with Crippen LogP contribution >= 0.6 is 11.6 Å². The molecule has 1 atom stereocenters. The third-order valence-electron chi connectivity index (χ3n) is 5.47. The zero-order chi connectivity index (χ0) is 26.0. The number of aromatic nitrogens is 1. The van der Waals surface area contributed by atoms with Gasteiger partial charge in [-0.25, -0.2) is 4.79 Å². The molecule has 0 spiro atoms. The van der Waals surface area contributed by atoms with E-state index in [0.717, 1.165) is 11.3 Å². The lowest BCUT2D eigenvalue weighted by Gasteiger charge is -2.16. The molecular formula is C29H25ClN2O5. The van der Waals surface area contributed by atoms with Crippen molar-refractivity contribution in [3.05, 3.63) is 113 Å². The van der Waals surface area contributed by atoms with Gasteiger partial charge < -0.3 is 19.9 Å². The lowest BCUT2D eigenvalue weighted by atomic mass is 10.1. The number of nitrogens with zero attached hydrogens (tertiary/aromatic N) is 1. The van der Waals surface area contributed by atoms with Crippen LogP contribution in [-0.2, 0) is 11.2 Å². The fraction of sp³-hybridized carbons (Fsp3) is 0.138. The minimum atomic E-state index is -1.07. The Morgan fingerprint density at radius 1 is 0.946 bits per heavy atom. The summed E-state index contributed by atoms with van der Waals surface area (Å²) >= 11 is 6.35. The van der Waals surface area contributed by atoms with Crippen molar-refractivity contribution in [2.24, 2.45) is 0 Å². The van der Waals surface area contributed by atoms with E-state index in [-0.39, 0.29) is 25.5 Å². The molecule has 0 fully saturated rings. The van der Waals surface area contributed by atoms with Crippen molar-refractivity contribution < 1.29 is 24.2 Å². The molecule has 2 N–H and O–H groups in total. The fourth-order valence-corrected chi connectivity index (χ4v) is 3.86. The maximum atomic E-state index is 12.4. The second-order valence-electron chi connectivity index (χ2n) is 8.12. The van der Waals surface area contributed by atoms with Crippen molar-refractivity contribution in [3.63, 3.8) is 0 Å². The van der Waals surface area contributed by atoms with Gasteiger partial charge in [0.1, 0.15) is 18.1 Å². The molecule has 1 unspecified atom stereocenters. The molecule has 7 nitrogen and oxygen atoms in total. The van der Waals surface area contributed by atoms with Gasteiger partial charge in [-0.3, -0.25) is 9.78 Å². The number of carboxylic acids is 1. The minimum absolute atomic E-state index is 0.138. The molecule has 1 aromatic heterocycles. The highest BCUT2D eigenvalue weighted by Gasteiger charge is 2.20. The van der Waals surface area contributed by atoms with Crippen LogP contribution in [0.2, 0.25) is 5.02 Å². The number of amides is 1. The van der Waals surface area contributed by atoms with Crippen LogP contribution in [0.5, 0.6) is 11.5 Å². The van der Waals surface area contributed by atoms with Gasteiger partial charge in [0.15, 0.2) is 6.10 Å². The SMILES string of the molecule is O=C(NCCOc1ccc(CC(Oc2ccccc2)C(=O)O)cc1Cl)c1ccc(-c2ccccn2)cc1. The second-order valence-corrected chi connectivity index (χ2v) is 8.53. The van der Waals surface area contributed by atoms with E-state index in [1.54, 1.807) is 60.8 Å². The topological polar surface area (TPSA) is 97.8 Å². The Balaban J connectivity index is 1.26. The fourth-order valence-electron chi connectivity index (χ4n) is 3.60.